The molecule has 1 aromatic rings. The maximum atomic E-state index is 11.1. The maximum Gasteiger partial charge on any atom is 0.358 e. The number of nitrogens with two attached hydrogens (primary N) is 1. The number of rotatable bonds is 2. The Morgan fingerprint density at radius 2 is 1.79 bits per heavy atom. The van der Waals surface area contributed by atoms with Gasteiger partial charge in [0.15, 0.2) is 5.69 Å². The number of hydrogen-bond donors (Lipinski definition) is 2. The van der Waals surface area contributed by atoms with Gasteiger partial charge in [0, 0.05) is 6.20 Å². The number of nitrogens with zero attached hydrogens (tertiary/aromatic N) is 2. The van der Waals surface area contributed by atoms with Crippen LogP contribution in [-0.4, -0.2) is 20.9 Å². The third-order valence-electron chi connectivity index (χ3n) is 5.45. The minimum Gasteiger partial charge on any atom is -0.476 e. The predicted molar refractivity (Wildman–Crippen MR) is 69.7 cm³/mol. The molecule has 4 fully saturated rings. The van der Waals surface area contributed by atoms with Gasteiger partial charge in [0.05, 0.1) is 11.7 Å². The van der Waals surface area contributed by atoms with Gasteiger partial charge in [0.2, 0.25) is 0 Å². The Morgan fingerprint density at radius 3 is 2.26 bits per heavy atom. The number of aromatic nitrogens is 2. The lowest BCUT2D eigenvalue weighted by Gasteiger charge is -2.54. The molecule has 0 radical (unpaired) electrons. The quantitative estimate of drug-likeness (QED) is 0.854. The van der Waals surface area contributed by atoms with Crippen LogP contribution in [-0.2, 0) is 0 Å². The highest BCUT2D eigenvalue weighted by Crippen LogP contribution is 2.58. The normalized spacial score (nSPS) is 39.7. The number of carboxylic acids is 1. The van der Waals surface area contributed by atoms with E-state index in [1.54, 1.807) is 6.20 Å². The second-order valence-corrected chi connectivity index (χ2v) is 6.64. The van der Waals surface area contributed by atoms with Crippen molar-refractivity contribution in [3.63, 3.8) is 0 Å². The van der Waals surface area contributed by atoms with Crippen LogP contribution in [0, 0.1) is 23.7 Å². The van der Waals surface area contributed by atoms with E-state index < -0.39 is 5.97 Å². The van der Waals surface area contributed by atoms with E-state index in [2.05, 4.69) is 5.10 Å². The van der Waals surface area contributed by atoms with E-state index in [0.29, 0.717) is 23.6 Å². The smallest absolute Gasteiger partial charge is 0.358 e. The summed E-state index contributed by atoms with van der Waals surface area (Å²) in [6, 6.07) is 0.378. The van der Waals surface area contributed by atoms with Gasteiger partial charge < -0.3 is 10.8 Å². The third-order valence-corrected chi connectivity index (χ3v) is 5.45. The first-order valence-electron chi connectivity index (χ1n) is 7.19. The molecule has 0 aromatic carbocycles. The van der Waals surface area contributed by atoms with Crippen molar-refractivity contribution in [1.29, 1.82) is 0 Å². The van der Waals surface area contributed by atoms with Crippen LogP contribution in [0.5, 0.6) is 0 Å². The van der Waals surface area contributed by atoms with Crippen LogP contribution in [0.2, 0.25) is 0 Å². The molecule has 0 saturated heterocycles. The summed E-state index contributed by atoms with van der Waals surface area (Å²) in [5, 5.41) is 13.3. The number of anilines is 1. The Labute approximate surface area is 111 Å². The summed E-state index contributed by atoms with van der Waals surface area (Å²) in [7, 11) is 0. The molecule has 0 atom stereocenters. The van der Waals surface area contributed by atoms with E-state index in [9.17, 15) is 4.79 Å². The molecule has 5 heteroatoms. The molecule has 0 amide bonds. The van der Waals surface area contributed by atoms with Gasteiger partial charge in [-0.05, 0) is 55.8 Å². The van der Waals surface area contributed by atoms with E-state index in [1.165, 1.54) is 32.1 Å². The molecule has 5 nitrogen and oxygen atoms in total. The van der Waals surface area contributed by atoms with Gasteiger partial charge in [-0.1, -0.05) is 0 Å². The number of hydrogen-bond acceptors (Lipinski definition) is 3. The van der Waals surface area contributed by atoms with Crippen LogP contribution in [0.1, 0.15) is 48.6 Å². The molecule has 4 aliphatic carbocycles. The van der Waals surface area contributed by atoms with Crippen molar-refractivity contribution in [3.8, 4) is 0 Å². The fraction of sp³-hybridized carbons (Fsp3) is 0.714. The molecule has 3 N–H and O–H groups in total. The SMILES string of the molecule is Nc1cn(C2C3CC4CC(C3)CC2C4)nc1C(=O)O. The Hall–Kier alpha value is -1.52. The second kappa shape index (κ2) is 3.74. The zero-order valence-corrected chi connectivity index (χ0v) is 10.8. The van der Waals surface area contributed by atoms with Gasteiger partial charge >= 0.3 is 5.97 Å². The largest absolute Gasteiger partial charge is 0.476 e. The minimum absolute atomic E-state index is 0.00815. The van der Waals surface area contributed by atoms with Crippen molar-refractivity contribution in [2.75, 3.05) is 5.73 Å². The van der Waals surface area contributed by atoms with Crippen molar-refractivity contribution in [2.24, 2.45) is 23.7 Å². The zero-order chi connectivity index (χ0) is 13.1. The van der Waals surface area contributed by atoms with E-state index >= 15 is 0 Å². The average molecular weight is 261 g/mol. The lowest BCUT2D eigenvalue weighted by atomic mass is 9.54. The highest BCUT2D eigenvalue weighted by molar-refractivity contribution is 5.91. The first-order valence-corrected chi connectivity index (χ1v) is 7.19. The van der Waals surface area contributed by atoms with Gasteiger partial charge in [0.25, 0.3) is 0 Å². The van der Waals surface area contributed by atoms with E-state index in [-0.39, 0.29) is 5.69 Å². The van der Waals surface area contributed by atoms with Crippen molar-refractivity contribution < 1.29 is 9.90 Å². The van der Waals surface area contributed by atoms with E-state index in [0.717, 1.165) is 11.8 Å². The lowest BCUT2D eigenvalue weighted by molar-refractivity contribution is -0.0337. The van der Waals surface area contributed by atoms with Crippen LogP contribution in [0.25, 0.3) is 0 Å². The van der Waals surface area contributed by atoms with Gasteiger partial charge in [-0.3, -0.25) is 4.68 Å². The summed E-state index contributed by atoms with van der Waals surface area (Å²) in [6.07, 6.45) is 8.32. The monoisotopic (exact) mass is 261 g/mol. The topological polar surface area (TPSA) is 81.1 Å². The average Bonchev–Trinajstić information content (AvgIpc) is 2.69. The molecule has 0 aliphatic heterocycles. The van der Waals surface area contributed by atoms with Crippen molar-refractivity contribution in [1.82, 2.24) is 9.78 Å². The van der Waals surface area contributed by atoms with Gasteiger partial charge in [-0.25, -0.2) is 4.79 Å². The summed E-state index contributed by atoms with van der Waals surface area (Å²) < 4.78 is 1.87. The first kappa shape index (κ1) is 11.3. The van der Waals surface area contributed by atoms with Crippen molar-refractivity contribution in [2.45, 2.75) is 38.1 Å². The fourth-order valence-electron chi connectivity index (χ4n) is 5.05. The molecule has 19 heavy (non-hydrogen) atoms. The lowest BCUT2D eigenvalue weighted by Crippen LogP contribution is -2.46. The second-order valence-electron chi connectivity index (χ2n) is 6.64. The molecule has 4 saturated carbocycles. The van der Waals surface area contributed by atoms with E-state index in [1.807, 2.05) is 4.68 Å². The molecular weight excluding hydrogens is 242 g/mol. The summed E-state index contributed by atoms with van der Waals surface area (Å²) in [5.74, 6) is 2.14. The molecule has 102 valence electrons. The minimum atomic E-state index is -1.03. The van der Waals surface area contributed by atoms with Crippen LogP contribution < -0.4 is 5.73 Å². The highest BCUT2D eigenvalue weighted by Gasteiger charge is 2.49. The van der Waals surface area contributed by atoms with Crippen LogP contribution in [0.15, 0.2) is 6.20 Å². The number of nitrogen functional groups attached to an aromatic ring is 1. The van der Waals surface area contributed by atoms with Gasteiger partial charge in [-0.15, -0.1) is 0 Å². The molecule has 1 heterocycles. The molecule has 0 unspecified atom stereocenters. The Kier molecular flexibility index (Phi) is 2.23. The molecule has 5 rings (SSSR count). The maximum absolute atomic E-state index is 11.1. The zero-order valence-electron chi connectivity index (χ0n) is 10.8. The molecule has 4 bridgehead atoms. The van der Waals surface area contributed by atoms with Crippen molar-refractivity contribution >= 4 is 11.7 Å². The van der Waals surface area contributed by atoms with Crippen LogP contribution in [0.4, 0.5) is 5.69 Å². The molecular formula is C14H19N3O2. The Morgan fingerprint density at radius 1 is 1.21 bits per heavy atom. The summed E-state index contributed by atoms with van der Waals surface area (Å²) in [5.41, 5.74) is 6.07. The van der Waals surface area contributed by atoms with Crippen molar-refractivity contribution in [3.05, 3.63) is 11.9 Å². The Bertz CT molecular complexity index is 509. The molecule has 4 aliphatic rings. The number of carbonyl (C=O) groups is 1. The first-order chi connectivity index (χ1) is 9.11. The predicted octanol–water partition coefficient (Wildman–Crippen LogP) is 2.16. The number of carboxylic acid groups (broad SMARTS) is 1. The molecule has 0 spiro atoms. The summed E-state index contributed by atoms with van der Waals surface area (Å²) >= 11 is 0. The Balaban J connectivity index is 1.69. The third kappa shape index (κ3) is 1.60. The standard InChI is InChI=1S/C14H19N3O2/c15-11-6-17(16-12(11)14(18)19)13-9-2-7-1-8(4-9)5-10(13)3-7/h6-10,13H,1-5,15H2,(H,18,19). The highest BCUT2D eigenvalue weighted by atomic mass is 16.4. The van der Waals surface area contributed by atoms with Gasteiger partial charge in [-0.2, -0.15) is 5.10 Å². The summed E-state index contributed by atoms with van der Waals surface area (Å²) in [6.45, 7) is 0. The van der Waals surface area contributed by atoms with E-state index in [4.69, 9.17) is 10.8 Å². The number of aromatic carboxylic acids is 1. The summed E-state index contributed by atoms with van der Waals surface area (Å²) in [4.78, 5) is 11.1. The molecule has 1 aromatic heterocycles. The van der Waals surface area contributed by atoms with Crippen LogP contribution >= 0.6 is 0 Å². The van der Waals surface area contributed by atoms with Crippen LogP contribution in [0.3, 0.4) is 0 Å². The fourth-order valence-corrected chi connectivity index (χ4v) is 5.05. The van der Waals surface area contributed by atoms with Gasteiger partial charge in [0.1, 0.15) is 0 Å².